The van der Waals surface area contributed by atoms with Crippen LogP contribution < -0.4 is 10.1 Å². The zero-order valence-electron chi connectivity index (χ0n) is 13.9. The SMILES string of the molecule is COc1ccccc1C[C@H](C)N(C)C(=O)NCC1(C)COC1. The van der Waals surface area contributed by atoms with Crippen LogP contribution in [-0.4, -0.2) is 50.9 Å². The van der Waals surface area contributed by atoms with Gasteiger partial charge in [-0.05, 0) is 25.0 Å². The molecule has 1 atom stereocenters. The Labute approximate surface area is 132 Å². The summed E-state index contributed by atoms with van der Waals surface area (Å²) in [7, 11) is 3.50. The van der Waals surface area contributed by atoms with Crippen LogP contribution >= 0.6 is 0 Å². The number of carbonyl (C=O) groups is 1. The van der Waals surface area contributed by atoms with Gasteiger partial charge in [0, 0.05) is 25.0 Å². The Hall–Kier alpha value is -1.75. The molecule has 0 aromatic heterocycles. The minimum atomic E-state index is -0.0458. The molecule has 1 aliphatic heterocycles. The van der Waals surface area contributed by atoms with Crippen LogP contribution in [0.4, 0.5) is 4.79 Å². The Balaban J connectivity index is 1.87. The number of ether oxygens (including phenoxy) is 2. The van der Waals surface area contributed by atoms with Crippen molar-refractivity contribution in [2.45, 2.75) is 26.3 Å². The van der Waals surface area contributed by atoms with Crippen LogP contribution in [0.1, 0.15) is 19.4 Å². The molecule has 1 heterocycles. The second kappa shape index (κ2) is 7.01. The van der Waals surface area contributed by atoms with Gasteiger partial charge in [0.25, 0.3) is 0 Å². The van der Waals surface area contributed by atoms with Crippen molar-refractivity contribution < 1.29 is 14.3 Å². The number of hydrogen-bond acceptors (Lipinski definition) is 3. The number of methoxy groups -OCH3 is 1. The second-order valence-electron chi connectivity index (χ2n) is 6.44. The molecule has 0 spiro atoms. The molecule has 5 heteroatoms. The zero-order valence-corrected chi connectivity index (χ0v) is 13.9. The Morgan fingerprint density at radius 1 is 1.45 bits per heavy atom. The number of para-hydroxylation sites is 1. The van der Waals surface area contributed by atoms with Crippen LogP contribution in [0, 0.1) is 5.41 Å². The maximum Gasteiger partial charge on any atom is 0.317 e. The van der Waals surface area contributed by atoms with Crippen LogP contribution in [0.3, 0.4) is 0 Å². The standard InChI is InChI=1S/C17H26N2O3/c1-13(9-14-7-5-6-8-15(14)21-4)19(3)16(20)18-10-17(2)11-22-12-17/h5-8,13H,9-12H2,1-4H3,(H,18,20)/t13-/m0/s1. The highest BCUT2D eigenvalue weighted by atomic mass is 16.5. The highest BCUT2D eigenvalue weighted by Gasteiger charge is 2.34. The van der Waals surface area contributed by atoms with Crippen LogP contribution in [0.2, 0.25) is 0 Å². The fraction of sp³-hybridized carbons (Fsp3) is 0.588. The van der Waals surface area contributed by atoms with Gasteiger partial charge in [0.1, 0.15) is 5.75 Å². The lowest BCUT2D eigenvalue weighted by Crippen LogP contribution is -2.52. The molecule has 0 bridgehead atoms. The molecule has 0 saturated carbocycles. The molecular formula is C17H26N2O3. The van der Waals surface area contributed by atoms with Gasteiger partial charge in [0.05, 0.1) is 20.3 Å². The summed E-state index contributed by atoms with van der Waals surface area (Å²) in [6.07, 6.45) is 0.758. The van der Waals surface area contributed by atoms with Crippen LogP contribution in [0.25, 0.3) is 0 Å². The first kappa shape index (κ1) is 16.6. The van der Waals surface area contributed by atoms with Gasteiger partial charge in [-0.25, -0.2) is 4.79 Å². The van der Waals surface area contributed by atoms with E-state index in [-0.39, 0.29) is 17.5 Å². The summed E-state index contributed by atoms with van der Waals surface area (Å²) in [6, 6.07) is 7.96. The van der Waals surface area contributed by atoms with Crippen molar-refractivity contribution in [1.29, 1.82) is 0 Å². The second-order valence-corrected chi connectivity index (χ2v) is 6.44. The summed E-state index contributed by atoms with van der Waals surface area (Å²) in [5.74, 6) is 0.863. The summed E-state index contributed by atoms with van der Waals surface area (Å²) in [5.41, 5.74) is 1.19. The van der Waals surface area contributed by atoms with Crippen LogP contribution in [-0.2, 0) is 11.2 Å². The van der Waals surface area contributed by atoms with Crippen molar-refractivity contribution in [3.8, 4) is 5.75 Å². The molecule has 1 aliphatic rings. The minimum Gasteiger partial charge on any atom is -0.496 e. The third kappa shape index (κ3) is 3.91. The van der Waals surface area contributed by atoms with Crippen molar-refractivity contribution in [3.63, 3.8) is 0 Å². The number of benzene rings is 1. The van der Waals surface area contributed by atoms with Crippen molar-refractivity contribution in [2.24, 2.45) is 5.41 Å². The third-order valence-corrected chi connectivity index (χ3v) is 4.26. The molecular weight excluding hydrogens is 280 g/mol. The number of likely N-dealkylation sites (N-methyl/N-ethyl adjacent to an activating group) is 1. The molecule has 1 aromatic rings. The molecule has 1 N–H and O–H groups in total. The van der Waals surface area contributed by atoms with Gasteiger partial charge in [-0.15, -0.1) is 0 Å². The molecule has 5 nitrogen and oxygen atoms in total. The van der Waals surface area contributed by atoms with E-state index in [1.807, 2.05) is 38.2 Å². The van der Waals surface area contributed by atoms with Gasteiger partial charge in [-0.3, -0.25) is 0 Å². The molecule has 0 aliphatic carbocycles. The molecule has 2 rings (SSSR count). The van der Waals surface area contributed by atoms with E-state index in [9.17, 15) is 4.79 Å². The summed E-state index contributed by atoms with van der Waals surface area (Å²) in [5, 5.41) is 3.00. The van der Waals surface area contributed by atoms with Gasteiger partial charge in [-0.2, -0.15) is 0 Å². The third-order valence-electron chi connectivity index (χ3n) is 4.26. The molecule has 0 radical (unpaired) electrons. The Bertz CT molecular complexity index is 514. The van der Waals surface area contributed by atoms with Crippen molar-refractivity contribution in [3.05, 3.63) is 29.8 Å². The van der Waals surface area contributed by atoms with Gasteiger partial charge >= 0.3 is 6.03 Å². The van der Waals surface area contributed by atoms with Gasteiger partial charge in [-0.1, -0.05) is 25.1 Å². The number of amides is 2. The van der Waals surface area contributed by atoms with Crippen molar-refractivity contribution in [2.75, 3.05) is 33.9 Å². The monoisotopic (exact) mass is 306 g/mol. The normalized spacial score (nSPS) is 17.3. The van der Waals surface area contributed by atoms with E-state index >= 15 is 0 Å². The number of carbonyl (C=O) groups excluding carboxylic acids is 1. The maximum absolute atomic E-state index is 12.3. The Morgan fingerprint density at radius 2 is 2.14 bits per heavy atom. The number of rotatable bonds is 6. The summed E-state index contributed by atoms with van der Waals surface area (Å²) >= 11 is 0. The van der Waals surface area contributed by atoms with E-state index in [0.717, 1.165) is 17.7 Å². The van der Waals surface area contributed by atoms with E-state index in [4.69, 9.17) is 9.47 Å². The predicted octanol–water partition coefficient (Wildman–Crippen LogP) is 2.30. The fourth-order valence-electron chi connectivity index (χ4n) is 2.49. The summed E-state index contributed by atoms with van der Waals surface area (Å²) in [6.45, 7) is 6.24. The largest absolute Gasteiger partial charge is 0.496 e. The highest BCUT2D eigenvalue weighted by molar-refractivity contribution is 5.74. The van der Waals surface area contributed by atoms with Crippen LogP contribution in [0.5, 0.6) is 5.75 Å². The maximum atomic E-state index is 12.3. The van der Waals surface area contributed by atoms with Gasteiger partial charge in [0.2, 0.25) is 0 Å². The minimum absolute atomic E-state index is 0.0458. The molecule has 1 fully saturated rings. The predicted molar refractivity (Wildman–Crippen MR) is 86.2 cm³/mol. The first-order chi connectivity index (χ1) is 10.4. The van der Waals surface area contributed by atoms with E-state index < -0.39 is 0 Å². The smallest absolute Gasteiger partial charge is 0.317 e. The average molecular weight is 306 g/mol. The lowest BCUT2D eigenvalue weighted by Gasteiger charge is -2.38. The van der Waals surface area contributed by atoms with Crippen LogP contribution in [0.15, 0.2) is 24.3 Å². The summed E-state index contributed by atoms with van der Waals surface area (Å²) < 4.78 is 10.6. The Kier molecular flexibility index (Phi) is 5.29. The summed E-state index contributed by atoms with van der Waals surface area (Å²) in [4.78, 5) is 14.0. The lowest BCUT2D eigenvalue weighted by atomic mass is 9.89. The number of urea groups is 1. The van der Waals surface area contributed by atoms with Crippen molar-refractivity contribution in [1.82, 2.24) is 10.2 Å². The first-order valence-electron chi connectivity index (χ1n) is 7.65. The molecule has 0 unspecified atom stereocenters. The van der Waals surface area contributed by atoms with Gasteiger partial charge < -0.3 is 19.7 Å². The first-order valence-corrected chi connectivity index (χ1v) is 7.65. The molecule has 122 valence electrons. The lowest BCUT2D eigenvalue weighted by molar-refractivity contribution is -0.0978. The number of nitrogens with one attached hydrogen (secondary N) is 1. The molecule has 2 amide bonds. The van der Waals surface area contributed by atoms with E-state index in [1.54, 1.807) is 12.0 Å². The molecule has 22 heavy (non-hydrogen) atoms. The van der Waals surface area contributed by atoms with Gasteiger partial charge in [0.15, 0.2) is 0 Å². The van der Waals surface area contributed by atoms with E-state index in [2.05, 4.69) is 12.2 Å². The number of hydrogen-bond donors (Lipinski definition) is 1. The average Bonchev–Trinajstić information content (AvgIpc) is 2.50. The quantitative estimate of drug-likeness (QED) is 0.877. The molecule has 1 aromatic carbocycles. The van der Waals surface area contributed by atoms with Crippen molar-refractivity contribution >= 4 is 6.03 Å². The van der Waals surface area contributed by atoms with E-state index in [1.165, 1.54) is 0 Å². The fourth-order valence-corrected chi connectivity index (χ4v) is 2.49. The number of nitrogens with zero attached hydrogens (tertiary/aromatic N) is 1. The molecule has 1 saturated heterocycles. The highest BCUT2D eigenvalue weighted by Crippen LogP contribution is 2.25. The topological polar surface area (TPSA) is 50.8 Å². The Morgan fingerprint density at radius 3 is 2.73 bits per heavy atom. The van der Waals surface area contributed by atoms with E-state index in [0.29, 0.717) is 19.8 Å². The zero-order chi connectivity index (χ0) is 16.2.